The Labute approximate surface area is 122 Å². The molecule has 0 heterocycles. The summed E-state index contributed by atoms with van der Waals surface area (Å²) in [5.74, 6) is -0.165. The second-order valence-electron chi connectivity index (χ2n) is 5.22. The Bertz CT molecular complexity index is 407. The lowest BCUT2D eigenvalue weighted by molar-refractivity contribution is 0.116. The zero-order valence-electron chi connectivity index (χ0n) is 11.1. The van der Waals surface area contributed by atoms with E-state index in [0.717, 1.165) is 17.3 Å². The molecule has 0 atom stereocenters. The zero-order chi connectivity index (χ0) is 13.7. The van der Waals surface area contributed by atoms with E-state index in [-0.39, 0.29) is 12.4 Å². The van der Waals surface area contributed by atoms with Gasteiger partial charge in [-0.2, -0.15) is 0 Å². The quantitative estimate of drug-likeness (QED) is 0.890. The van der Waals surface area contributed by atoms with Crippen LogP contribution in [0.15, 0.2) is 22.7 Å². The van der Waals surface area contributed by atoms with Crippen molar-refractivity contribution in [3.05, 3.63) is 34.1 Å². The van der Waals surface area contributed by atoms with Crippen molar-refractivity contribution in [1.82, 2.24) is 4.90 Å². The molecule has 1 aliphatic carbocycles. The van der Waals surface area contributed by atoms with Gasteiger partial charge in [-0.3, -0.25) is 4.90 Å². The first kappa shape index (κ1) is 14.9. The van der Waals surface area contributed by atoms with Gasteiger partial charge in [0, 0.05) is 29.2 Å². The van der Waals surface area contributed by atoms with Gasteiger partial charge in [-0.1, -0.05) is 35.2 Å². The van der Waals surface area contributed by atoms with Crippen LogP contribution in [-0.4, -0.2) is 29.2 Å². The average Bonchev–Trinajstić information content (AvgIpc) is 2.43. The van der Waals surface area contributed by atoms with Crippen molar-refractivity contribution in [3.8, 4) is 0 Å². The summed E-state index contributed by atoms with van der Waals surface area (Å²) in [4.78, 5) is 2.23. The number of benzene rings is 1. The van der Waals surface area contributed by atoms with Gasteiger partial charge in [0.05, 0.1) is 6.61 Å². The van der Waals surface area contributed by atoms with Crippen LogP contribution in [0.2, 0.25) is 0 Å². The Hall–Kier alpha value is -0.450. The van der Waals surface area contributed by atoms with E-state index in [1.54, 1.807) is 6.07 Å². The molecule has 0 bridgehead atoms. The van der Waals surface area contributed by atoms with Crippen molar-refractivity contribution >= 4 is 15.9 Å². The lowest BCUT2D eigenvalue weighted by Gasteiger charge is -2.34. The maximum Gasteiger partial charge on any atom is 0.127 e. The van der Waals surface area contributed by atoms with Gasteiger partial charge in [0.15, 0.2) is 0 Å². The molecule has 2 rings (SSSR count). The van der Waals surface area contributed by atoms with Crippen LogP contribution in [0.4, 0.5) is 4.39 Å². The normalized spacial score (nSPS) is 17.1. The lowest BCUT2D eigenvalue weighted by atomic mass is 9.94. The van der Waals surface area contributed by atoms with Crippen LogP contribution < -0.4 is 0 Å². The van der Waals surface area contributed by atoms with Crippen LogP contribution >= 0.6 is 15.9 Å². The molecule has 4 heteroatoms. The van der Waals surface area contributed by atoms with Crippen molar-refractivity contribution in [2.75, 3.05) is 13.2 Å². The van der Waals surface area contributed by atoms with E-state index in [9.17, 15) is 9.50 Å². The van der Waals surface area contributed by atoms with Crippen LogP contribution in [0.25, 0.3) is 0 Å². The van der Waals surface area contributed by atoms with Gasteiger partial charge in [-0.25, -0.2) is 4.39 Å². The van der Waals surface area contributed by atoms with Gasteiger partial charge in [-0.15, -0.1) is 0 Å². The van der Waals surface area contributed by atoms with Crippen LogP contribution in [0.3, 0.4) is 0 Å². The minimum atomic E-state index is -0.165. The topological polar surface area (TPSA) is 23.5 Å². The fourth-order valence-electron chi connectivity index (χ4n) is 2.85. The summed E-state index contributed by atoms with van der Waals surface area (Å²) in [5, 5.41) is 9.22. The molecule has 1 aromatic carbocycles. The molecule has 0 spiro atoms. The minimum absolute atomic E-state index is 0.131. The minimum Gasteiger partial charge on any atom is -0.395 e. The van der Waals surface area contributed by atoms with Gasteiger partial charge < -0.3 is 5.11 Å². The number of nitrogens with zero attached hydrogens (tertiary/aromatic N) is 1. The Kier molecular flexibility index (Phi) is 5.79. The van der Waals surface area contributed by atoms with Gasteiger partial charge in [-0.05, 0) is 31.0 Å². The maximum atomic E-state index is 13.8. The lowest BCUT2D eigenvalue weighted by Crippen LogP contribution is -2.38. The molecule has 1 aliphatic rings. The van der Waals surface area contributed by atoms with Crippen molar-refractivity contribution in [2.45, 2.75) is 44.7 Å². The summed E-state index contributed by atoms with van der Waals surface area (Å²) in [6.45, 7) is 1.33. The van der Waals surface area contributed by atoms with E-state index in [0.29, 0.717) is 24.7 Å². The van der Waals surface area contributed by atoms with Crippen molar-refractivity contribution in [3.63, 3.8) is 0 Å². The van der Waals surface area contributed by atoms with Gasteiger partial charge in [0.25, 0.3) is 0 Å². The molecule has 1 saturated carbocycles. The summed E-state index contributed by atoms with van der Waals surface area (Å²) in [5.41, 5.74) is 0.702. The monoisotopic (exact) mass is 329 g/mol. The molecule has 2 nitrogen and oxygen atoms in total. The summed E-state index contributed by atoms with van der Waals surface area (Å²) >= 11 is 3.39. The second-order valence-corrected chi connectivity index (χ2v) is 6.14. The number of rotatable bonds is 5. The Morgan fingerprint density at radius 1 is 1.26 bits per heavy atom. The van der Waals surface area contributed by atoms with E-state index in [2.05, 4.69) is 20.8 Å². The number of aliphatic hydroxyl groups excluding tert-OH is 1. The largest absolute Gasteiger partial charge is 0.395 e. The molecular weight excluding hydrogens is 309 g/mol. The SMILES string of the molecule is OCCN(Cc1cc(Br)ccc1F)C1CCCCC1. The molecule has 1 fully saturated rings. The maximum absolute atomic E-state index is 13.8. The molecule has 106 valence electrons. The third-order valence-corrected chi connectivity index (χ3v) is 4.35. The first-order valence-corrected chi connectivity index (χ1v) is 7.79. The molecule has 19 heavy (non-hydrogen) atoms. The Morgan fingerprint density at radius 3 is 2.68 bits per heavy atom. The average molecular weight is 330 g/mol. The molecule has 1 N–H and O–H groups in total. The first-order chi connectivity index (χ1) is 9.20. The molecule has 0 aliphatic heterocycles. The van der Waals surface area contributed by atoms with Gasteiger partial charge in [0.2, 0.25) is 0 Å². The summed E-state index contributed by atoms with van der Waals surface area (Å²) in [6, 6.07) is 5.54. The van der Waals surface area contributed by atoms with E-state index in [1.807, 2.05) is 6.07 Å². The van der Waals surface area contributed by atoms with Gasteiger partial charge in [0.1, 0.15) is 5.82 Å². The van der Waals surface area contributed by atoms with Crippen LogP contribution in [0.5, 0.6) is 0 Å². The van der Waals surface area contributed by atoms with E-state index >= 15 is 0 Å². The predicted octanol–water partition coefficient (Wildman–Crippen LogP) is 3.72. The highest BCUT2D eigenvalue weighted by Crippen LogP contribution is 2.25. The Morgan fingerprint density at radius 2 is 2.00 bits per heavy atom. The smallest absolute Gasteiger partial charge is 0.127 e. The van der Waals surface area contributed by atoms with Gasteiger partial charge >= 0.3 is 0 Å². The number of aliphatic hydroxyl groups is 1. The fraction of sp³-hybridized carbons (Fsp3) is 0.600. The number of hydrogen-bond acceptors (Lipinski definition) is 2. The first-order valence-electron chi connectivity index (χ1n) is 6.99. The van der Waals surface area contributed by atoms with Crippen molar-refractivity contribution in [1.29, 1.82) is 0 Å². The highest BCUT2D eigenvalue weighted by molar-refractivity contribution is 9.10. The van der Waals surface area contributed by atoms with Crippen molar-refractivity contribution < 1.29 is 9.50 Å². The number of halogens is 2. The van der Waals surface area contributed by atoms with E-state index < -0.39 is 0 Å². The third kappa shape index (κ3) is 4.26. The summed E-state index contributed by atoms with van der Waals surface area (Å²) in [6.07, 6.45) is 6.11. The zero-order valence-corrected chi connectivity index (χ0v) is 12.7. The number of hydrogen-bond donors (Lipinski definition) is 1. The summed E-state index contributed by atoms with van der Waals surface area (Å²) in [7, 11) is 0. The molecule has 0 amide bonds. The molecule has 1 aromatic rings. The fourth-order valence-corrected chi connectivity index (χ4v) is 3.26. The third-order valence-electron chi connectivity index (χ3n) is 3.86. The Balaban J connectivity index is 2.08. The summed E-state index contributed by atoms with van der Waals surface area (Å²) < 4.78 is 14.7. The standard InChI is InChI=1S/C15H21BrFNO/c16-13-6-7-15(17)12(10-13)11-18(8-9-19)14-4-2-1-3-5-14/h6-7,10,14,19H,1-5,8-9,11H2. The van der Waals surface area contributed by atoms with Crippen LogP contribution in [0, 0.1) is 5.82 Å². The van der Waals surface area contributed by atoms with Crippen LogP contribution in [-0.2, 0) is 6.54 Å². The predicted molar refractivity (Wildman–Crippen MR) is 78.5 cm³/mol. The highest BCUT2D eigenvalue weighted by atomic mass is 79.9. The molecule has 0 unspecified atom stereocenters. The van der Waals surface area contributed by atoms with E-state index in [1.165, 1.54) is 25.3 Å². The molecule has 0 radical (unpaired) electrons. The van der Waals surface area contributed by atoms with E-state index in [4.69, 9.17) is 0 Å². The molecule has 0 saturated heterocycles. The van der Waals surface area contributed by atoms with Crippen molar-refractivity contribution in [2.24, 2.45) is 0 Å². The molecular formula is C15H21BrFNO. The second kappa shape index (κ2) is 7.36. The highest BCUT2D eigenvalue weighted by Gasteiger charge is 2.21. The molecule has 0 aromatic heterocycles. The van der Waals surface area contributed by atoms with Crippen LogP contribution in [0.1, 0.15) is 37.7 Å².